The lowest BCUT2D eigenvalue weighted by molar-refractivity contribution is 0.102. The van der Waals surface area contributed by atoms with Gasteiger partial charge >= 0.3 is 0 Å². The van der Waals surface area contributed by atoms with Gasteiger partial charge in [-0.2, -0.15) is 0 Å². The summed E-state index contributed by atoms with van der Waals surface area (Å²) in [4.78, 5) is 20.2. The van der Waals surface area contributed by atoms with E-state index in [9.17, 15) is 13.6 Å². The van der Waals surface area contributed by atoms with Gasteiger partial charge in [0.15, 0.2) is 11.5 Å². The Hall–Kier alpha value is -3.75. The van der Waals surface area contributed by atoms with E-state index >= 15 is 0 Å². The molecule has 3 aromatic rings. The Bertz CT molecular complexity index is 1010. The Kier molecular flexibility index (Phi) is 4.71. The zero-order valence-corrected chi connectivity index (χ0v) is 14.4. The topological polar surface area (TPSA) is 85.4 Å². The van der Waals surface area contributed by atoms with E-state index in [0.29, 0.717) is 30.4 Å². The third kappa shape index (κ3) is 3.68. The average molecular weight is 384 g/mol. The number of hydrogen-bond acceptors (Lipinski definition) is 6. The Morgan fingerprint density at radius 1 is 0.964 bits per heavy atom. The van der Waals surface area contributed by atoms with Crippen molar-refractivity contribution in [3.63, 3.8) is 0 Å². The van der Waals surface area contributed by atoms with Gasteiger partial charge in [0.1, 0.15) is 30.5 Å². The molecule has 0 saturated heterocycles. The normalized spacial score (nSPS) is 12.4. The van der Waals surface area contributed by atoms with Crippen molar-refractivity contribution in [2.24, 2.45) is 0 Å². The quantitative estimate of drug-likeness (QED) is 0.716. The van der Waals surface area contributed by atoms with E-state index in [4.69, 9.17) is 9.47 Å². The Balaban J connectivity index is 1.45. The number of hydrogen-bond donors (Lipinski definition) is 2. The SMILES string of the molecule is O=C(Nc1ccc2c(c1)OCCO2)c1cnc(Nc2c(F)cccc2F)nc1. The summed E-state index contributed by atoms with van der Waals surface area (Å²) < 4.78 is 38.2. The van der Waals surface area contributed by atoms with Crippen LogP contribution in [-0.2, 0) is 0 Å². The van der Waals surface area contributed by atoms with Crippen LogP contribution in [0.3, 0.4) is 0 Å². The van der Waals surface area contributed by atoms with Crippen LogP contribution in [0.25, 0.3) is 0 Å². The number of nitrogens with zero attached hydrogens (tertiary/aromatic N) is 2. The van der Waals surface area contributed by atoms with E-state index in [1.54, 1.807) is 18.2 Å². The number of para-hydroxylation sites is 1. The maximum Gasteiger partial charge on any atom is 0.258 e. The van der Waals surface area contributed by atoms with Gasteiger partial charge in [0.25, 0.3) is 5.91 Å². The minimum absolute atomic E-state index is 0.0418. The lowest BCUT2D eigenvalue weighted by atomic mass is 10.2. The second-order valence-corrected chi connectivity index (χ2v) is 5.83. The highest BCUT2D eigenvalue weighted by Crippen LogP contribution is 2.32. The van der Waals surface area contributed by atoms with Crippen molar-refractivity contribution in [3.8, 4) is 11.5 Å². The number of carbonyl (C=O) groups excluding carboxylic acids is 1. The van der Waals surface area contributed by atoms with Crippen LogP contribution in [0.5, 0.6) is 11.5 Å². The van der Waals surface area contributed by atoms with Crippen LogP contribution in [0, 0.1) is 11.6 Å². The van der Waals surface area contributed by atoms with E-state index in [2.05, 4.69) is 20.6 Å². The number of benzene rings is 2. The molecule has 0 atom stereocenters. The number of anilines is 3. The lowest BCUT2D eigenvalue weighted by Gasteiger charge is -2.19. The van der Waals surface area contributed by atoms with E-state index in [1.807, 2.05) is 0 Å². The van der Waals surface area contributed by atoms with Crippen molar-refractivity contribution in [2.45, 2.75) is 0 Å². The minimum atomic E-state index is -0.774. The minimum Gasteiger partial charge on any atom is -0.486 e. The molecule has 1 aliphatic rings. The van der Waals surface area contributed by atoms with Crippen molar-refractivity contribution in [1.82, 2.24) is 9.97 Å². The third-order valence-corrected chi connectivity index (χ3v) is 3.91. The molecule has 142 valence electrons. The molecule has 0 aliphatic carbocycles. The first-order valence-corrected chi connectivity index (χ1v) is 8.34. The van der Waals surface area contributed by atoms with Crippen molar-refractivity contribution in [3.05, 3.63) is 66.0 Å². The number of carbonyl (C=O) groups is 1. The summed E-state index contributed by atoms with van der Waals surface area (Å²) in [5.74, 6) is -0.872. The van der Waals surface area contributed by atoms with Crippen LogP contribution < -0.4 is 20.1 Å². The summed E-state index contributed by atoms with van der Waals surface area (Å²) in [5, 5.41) is 5.16. The summed E-state index contributed by atoms with van der Waals surface area (Å²) in [6, 6.07) is 8.52. The van der Waals surface area contributed by atoms with Crippen molar-refractivity contribution in [1.29, 1.82) is 0 Å². The van der Waals surface area contributed by atoms with Crippen molar-refractivity contribution >= 4 is 23.2 Å². The molecule has 1 aliphatic heterocycles. The molecule has 0 unspecified atom stereocenters. The van der Waals surface area contributed by atoms with E-state index in [0.717, 1.165) is 12.1 Å². The average Bonchev–Trinajstić information content (AvgIpc) is 2.71. The van der Waals surface area contributed by atoms with Gasteiger partial charge in [-0.15, -0.1) is 0 Å². The van der Waals surface area contributed by atoms with Crippen LogP contribution in [0.1, 0.15) is 10.4 Å². The molecular formula is C19H14F2N4O3. The number of fused-ring (bicyclic) bond motifs is 1. The fourth-order valence-electron chi connectivity index (χ4n) is 2.56. The molecule has 2 N–H and O–H groups in total. The fourth-order valence-corrected chi connectivity index (χ4v) is 2.56. The van der Waals surface area contributed by atoms with Crippen LogP contribution in [0.2, 0.25) is 0 Å². The largest absolute Gasteiger partial charge is 0.486 e. The molecule has 1 amide bonds. The maximum absolute atomic E-state index is 13.7. The van der Waals surface area contributed by atoms with Gasteiger partial charge in [-0.25, -0.2) is 18.7 Å². The van der Waals surface area contributed by atoms with E-state index in [-0.39, 0.29) is 17.2 Å². The molecule has 0 saturated carbocycles. The number of aromatic nitrogens is 2. The summed E-state index contributed by atoms with van der Waals surface area (Å²) in [6.07, 6.45) is 2.50. The Labute approximate surface area is 158 Å². The highest BCUT2D eigenvalue weighted by atomic mass is 19.1. The number of nitrogens with one attached hydrogen (secondary N) is 2. The highest BCUT2D eigenvalue weighted by molar-refractivity contribution is 6.04. The van der Waals surface area contributed by atoms with Gasteiger partial charge in [0.2, 0.25) is 5.95 Å². The van der Waals surface area contributed by atoms with Gasteiger partial charge < -0.3 is 20.1 Å². The molecule has 4 rings (SSSR count). The van der Waals surface area contributed by atoms with Gasteiger partial charge in [0.05, 0.1) is 5.56 Å². The van der Waals surface area contributed by atoms with Crippen LogP contribution in [0.4, 0.5) is 26.1 Å². The Morgan fingerprint density at radius 3 is 2.36 bits per heavy atom. The number of rotatable bonds is 4. The number of amides is 1. The second-order valence-electron chi connectivity index (χ2n) is 5.83. The van der Waals surface area contributed by atoms with Gasteiger partial charge in [-0.3, -0.25) is 4.79 Å². The number of ether oxygens (including phenoxy) is 2. The molecule has 0 fully saturated rings. The first-order valence-electron chi connectivity index (χ1n) is 8.34. The van der Waals surface area contributed by atoms with Gasteiger partial charge in [-0.05, 0) is 24.3 Å². The van der Waals surface area contributed by atoms with E-state index in [1.165, 1.54) is 18.5 Å². The summed E-state index contributed by atoms with van der Waals surface area (Å²) in [7, 11) is 0. The predicted molar refractivity (Wildman–Crippen MR) is 97.1 cm³/mol. The predicted octanol–water partition coefficient (Wildman–Crippen LogP) is 3.52. The first kappa shape index (κ1) is 17.7. The molecule has 28 heavy (non-hydrogen) atoms. The first-order chi connectivity index (χ1) is 13.6. The fraction of sp³-hybridized carbons (Fsp3) is 0.105. The van der Waals surface area contributed by atoms with Crippen LogP contribution in [-0.4, -0.2) is 29.1 Å². The van der Waals surface area contributed by atoms with Crippen molar-refractivity contribution < 1.29 is 23.0 Å². The van der Waals surface area contributed by atoms with Gasteiger partial charge in [-0.1, -0.05) is 6.07 Å². The van der Waals surface area contributed by atoms with Crippen molar-refractivity contribution in [2.75, 3.05) is 23.8 Å². The maximum atomic E-state index is 13.7. The standard InChI is InChI=1S/C19H14F2N4O3/c20-13-2-1-3-14(21)17(13)25-19-22-9-11(10-23-19)18(26)24-12-4-5-15-16(8-12)28-7-6-27-15/h1-5,8-10H,6-7H2,(H,24,26)(H,22,23,25). The Morgan fingerprint density at radius 2 is 1.64 bits per heavy atom. The van der Waals surface area contributed by atoms with Crippen LogP contribution >= 0.6 is 0 Å². The highest BCUT2D eigenvalue weighted by Gasteiger charge is 2.15. The summed E-state index contributed by atoms with van der Waals surface area (Å²) in [6.45, 7) is 0.919. The van der Waals surface area contributed by atoms with E-state index < -0.39 is 17.5 Å². The molecule has 7 nitrogen and oxygen atoms in total. The molecule has 0 radical (unpaired) electrons. The monoisotopic (exact) mass is 384 g/mol. The molecule has 2 heterocycles. The summed E-state index contributed by atoms with van der Waals surface area (Å²) in [5.41, 5.74) is 0.329. The molecule has 1 aromatic heterocycles. The summed E-state index contributed by atoms with van der Waals surface area (Å²) >= 11 is 0. The molecular weight excluding hydrogens is 370 g/mol. The zero-order chi connectivity index (χ0) is 19.5. The molecule has 0 bridgehead atoms. The third-order valence-electron chi connectivity index (χ3n) is 3.91. The molecule has 9 heteroatoms. The lowest BCUT2D eigenvalue weighted by Crippen LogP contribution is -2.16. The second kappa shape index (κ2) is 7.47. The number of halogens is 2. The smallest absolute Gasteiger partial charge is 0.258 e. The van der Waals surface area contributed by atoms with Crippen LogP contribution in [0.15, 0.2) is 48.8 Å². The zero-order valence-electron chi connectivity index (χ0n) is 14.4. The molecule has 2 aromatic carbocycles. The van der Waals surface area contributed by atoms with Gasteiger partial charge in [0, 0.05) is 24.1 Å². The molecule has 0 spiro atoms.